The first-order valence-corrected chi connectivity index (χ1v) is 16.3. The molecule has 3 heteroatoms. The van der Waals surface area contributed by atoms with Crippen LogP contribution >= 0.6 is 0 Å². The Kier molecular flexibility index (Phi) is 6.44. The van der Waals surface area contributed by atoms with Gasteiger partial charge in [0.2, 0.25) is 0 Å². The third-order valence-corrected chi connectivity index (χ3v) is 10.0. The highest BCUT2D eigenvalue weighted by molar-refractivity contribution is 6.46. The fourth-order valence-electron chi connectivity index (χ4n) is 8.02. The first-order valence-electron chi connectivity index (χ1n) is 16.3. The molecule has 0 atom stereocenters. The van der Waals surface area contributed by atoms with Crippen LogP contribution in [0.4, 0.5) is 0 Å². The van der Waals surface area contributed by atoms with Gasteiger partial charge in [-0.1, -0.05) is 131 Å². The summed E-state index contributed by atoms with van der Waals surface area (Å²) in [6.07, 6.45) is 12.2. The van der Waals surface area contributed by atoms with Crippen molar-refractivity contribution in [2.24, 2.45) is 0 Å². The molecule has 0 spiro atoms. The quantitative estimate of drug-likeness (QED) is 0.0892. The Labute approximate surface area is 250 Å². The first-order chi connectivity index (χ1) is 21.2. The van der Waals surface area contributed by atoms with Gasteiger partial charge in [-0.3, -0.25) is 14.2 Å². The molecule has 3 nitrogen and oxygen atoms in total. The minimum Gasteiger partial charge on any atom is -0.274 e. The van der Waals surface area contributed by atoms with Crippen LogP contribution in [-0.2, 0) is 6.54 Å². The number of hydrogen-bond donors (Lipinski definition) is 0. The molecule has 0 aliphatic heterocycles. The van der Waals surface area contributed by atoms with Crippen molar-refractivity contribution >= 4 is 75.4 Å². The average molecular weight is 564 g/mol. The normalized spacial score (nSPS) is 12.6. The lowest BCUT2D eigenvalue weighted by atomic mass is 9.83. The summed E-state index contributed by atoms with van der Waals surface area (Å²) < 4.78 is 1.55. The Bertz CT molecular complexity index is 2370. The van der Waals surface area contributed by atoms with Gasteiger partial charge in [-0.15, -0.1) is 0 Å². The molecule has 0 saturated heterocycles. The van der Waals surface area contributed by atoms with E-state index in [1.165, 1.54) is 71.9 Å². The van der Waals surface area contributed by atoms with E-state index in [-0.39, 0.29) is 11.1 Å². The third-order valence-electron chi connectivity index (χ3n) is 10.0. The number of nitrogens with zero attached hydrogens (tertiary/aromatic N) is 1. The summed E-state index contributed by atoms with van der Waals surface area (Å²) in [5.41, 5.74) is -0.253. The van der Waals surface area contributed by atoms with Crippen LogP contribution in [0.1, 0.15) is 71.1 Å². The average Bonchev–Trinajstić information content (AvgIpc) is 3.28. The van der Waals surface area contributed by atoms with E-state index < -0.39 is 0 Å². The molecular formula is C40H37NO2. The third kappa shape index (κ3) is 3.94. The molecule has 0 bridgehead atoms. The highest BCUT2D eigenvalue weighted by atomic mass is 16.2. The Hall–Kier alpha value is -4.24. The summed E-state index contributed by atoms with van der Waals surface area (Å²) in [6, 6.07) is 25.8. The van der Waals surface area contributed by atoms with Gasteiger partial charge in [-0.2, -0.15) is 0 Å². The van der Waals surface area contributed by atoms with Gasteiger partial charge in [-0.25, -0.2) is 0 Å². The van der Waals surface area contributed by atoms with Crippen molar-refractivity contribution in [3.63, 3.8) is 0 Å². The summed E-state index contributed by atoms with van der Waals surface area (Å²) in [7, 11) is 0. The maximum Gasteiger partial charge on any atom is 0.262 e. The molecule has 0 fully saturated rings. The van der Waals surface area contributed by atoms with Crippen molar-refractivity contribution in [1.29, 1.82) is 0 Å². The van der Waals surface area contributed by atoms with Gasteiger partial charge >= 0.3 is 0 Å². The monoisotopic (exact) mass is 563 g/mol. The van der Waals surface area contributed by atoms with Crippen molar-refractivity contribution in [1.82, 2.24) is 4.57 Å². The molecule has 0 amide bonds. The minimum absolute atomic E-state index is 0.126. The second-order valence-electron chi connectivity index (χ2n) is 12.6. The van der Waals surface area contributed by atoms with Crippen LogP contribution in [0.25, 0.3) is 75.4 Å². The summed E-state index contributed by atoms with van der Waals surface area (Å²) >= 11 is 0. The number of unbranched alkanes of at least 4 members (excludes halogenated alkanes) is 9. The smallest absolute Gasteiger partial charge is 0.262 e. The van der Waals surface area contributed by atoms with E-state index in [2.05, 4.69) is 79.7 Å². The topological polar surface area (TPSA) is 39.1 Å². The number of benzene rings is 7. The van der Waals surface area contributed by atoms with Crippen molar-refractivity contribution in [2.45, 2.75) is 77.7 Å². The number of fused-ring (bicyclic) bond motifs is 5. The van der Waals surface area contributed by atoms with Crippen LogP contribution in [-0.4, -0.2) is 4.57 Å². The van der Waals surface area contributed by atoms with Crippen LogP contribution in [0.2, 0.25) is 0 Å². The van der Waals surface area contributed by atoms with E-state index in [0.717, 1.165) is 57.0 Å². The Morgan fingerprint density at radius 3 is 1.72 bits per heavy atom. The van der Waals surface area contributed by atoms with Gasteiger partial charge in [0.05, 0.1) is 10.8 Å². The fraction of sp³-hybridized carbons (Fsp3) is 0.300. The largest absolute Gasteiger partial charge is 0.274 e. The van der Waals surface area contributed by atoms with Gasteiger partial charge in [0, 0.05) is 11.9 Å². The molecule has 1 heterocycles. The van der Waals surface area contributed by atoms with Crippen LogP contribution in [0.3, 0.4) is 0 Å². The molecule has 0 radical (unpaired) electrons. The van der Waals surface area contributed by atoms with Crippen LogP contribution < -0.4 is 11.1 Å². The Balaban J connectivity index is 1.31. The maximum absolute atomic E-state index is 14.3. The zero-order chi connectivity index (χ0) is 29.1. The second-order valence-corrected chi connectivity index (χ2v) is 12.6. The van der Waals surface area contributed by atoms with E-state index in [4.69, 9.17) is 0 Å². The van der Waals surface area contributed by atoms with E-state index in [1.807, 2.05) is 0 Å². The van der Waals surface area contributed by atoms with E-state index in [9.17, 15) is 9.59 Å². The van der Waals surface area contributed by atoms with Crippen molar-refractivity contribution in [3.05, 3.63) is 93.5 Å². The maximum atomic E-state index is 14.3. The molecule has 214 valence electrons. The molecule has 0 aliphatic carbocycles. The highest BCUT2D eigenvalue weighted by Crippen LogP contribution is 2.48. The molecule has 0 unspecified atom stereocenters. The number of aromatic nitrogens is 1. The van der Waals surface area contributed by atoms with E-state index in [0.29, 0.717) is 17.3 Å². The summed E-state index contributed by atoms with van der Waals surface area (Å²) in [6.45, 7) is 2.74. The van der Waals surface area contributed by atoms with Crippen LogP contribution in [0.15, 0.2) is 82.4 Å². The summed E-state index contributed by atoms with van der Waals surface area (Å²) in [4.78, 5) is 28.5. The molecule has 43 heavy (non-hydrogen) atoms. The van der Waals surface area contributed by atoms with Crippen molar-refractivity contribution in [2.75, 3.05) is 0 Å². The highest BCUT2D eigenvalue weighted by Gasteiger charge is 2.25. The first kappa shape index (κ1) is 26.4. The van der Waals surface area contributed by atoms with Crippen molar-refractivity contribution in [3.8, 4) is 0 Å². The second kappa shape index (κ2) is 10.5. The lowest BCUT2D eigenvalue weighted by molar-refractivity contribution is 0.529. The van der Waals surface area contributed by atoms with Gasteiger partial charge < -0.3 is 0 Å². The molecule has 8 rings (SSSR count). The van der Waals surface area contributed by atoms with Gasteiger partial charge in [0.15, 0.2) is 0 Å². The predicted octanol–water partition coefficient (Wildman–Crippen LogP) is 10.5. The summed E-state index contributed by atoms with van der Waals surface area (Å²) in [5, 5.41) is 14.6. The summed E-state index contributed by atoms with van der Waals surface area (Å²) in [5.74, 6) is 0. The SMILES string of the molecule is CCCCCCCCCCCCn1c(=O)c2c3ccc4cccc5cc6c7cccc8cccc(c87)c(c2c1=O)c6c3c45. The van der Waals surface area contributed by atoms with Crippen molar-refractivity contribution < 1.29 is 0 Å². The molecule has 1 aromatic heterocycles. The van der Waals surface area contributed by atoms with Crippen LogP contribution in [0, 0.1) is 0 Å². The molecule has 0 saturated carbocycles. The number of rotatable bonds is 11. The fourth-order valence-corrected chi connectivity index (χ4v) is 8.02. The van der Waals surface area contributed by atoms with Gasteiger partial charge in [0.25, 0.3) is 11.1 Å². The Morgan fingerprint density at radius 2 is 0.977 bits per heavy atom. The molecule has 7 aromatic carbocycles. The lowest BCUT2D eigenvalue weighted by Gasteiger charge is -2.19. The molecule has 0 N–H and O–H groups in total. The van der Waals surface area contributed by atoms with Crippen LogP contribution in [0.5, 0.6) is 0 Å². The molecular weight excluding hydrogens is 526 g/mol. The number of hydrogen-bond acceptors (Lipinski definition) is 2. The predicted molar refractivity (Wildman–Crippen MR) is 185 cm³/mol. The standard InChI is InChI=1S/C40H37NO2/c1-2-3-4-5-6-7-8-9-10-11-23-41-39(42)37-30-22-21-26-15-12-18-27-24-31-28-19-13-16-25-17-14-20-29(33(25)28)35(38(37)40(41)43)36(31)34(30)32(26)27/h12-22,24H,2-11,23H2,1H3. The van der Waals surface area contributed by atoms with Gasteiger partial charge in [-0.05, 0) is 71.7 Å². The molecule has 8 aromatic rings. The van der Waals surface area contributed by atoms with Gasteiger partial charge in [0.1, 0.15) is 0 Å². The minimum atomic E-state index is -0.127. The Morgan fingerprint density at radius 1 is 0.442 bits per heavy atom. The zero-order valence-corrected chi connectivity index (χ0v) is 25.0. The zero-order valence-electron chi connectivity index (χ0n) is 25.0. The van der Waals surface area contributed by atoms with E-state index in [1.54, 1.807) is 4.57 Å². The lowest BCUT2D eigenvalue weighted by Crippen LogP contribution is -2.25. The molecule has 0 aliphatic rings. The van der Waals surface area contributed by atoms with E-state index >= 15 is 0 Å².